The molecule has 1 aromatic carbocycles. The molecule has 0 bridgehead atoms. The van der Waals surface area contributed by atoms with Crippen molar-refractivity contribution in [3.63, 3.8) is 0 Å². The summed E-state index contributed by atoms with van der Waals surface area (Å²) in [4.78, 5) is 14.4. The Balaban J connectivity index is 0.00000126. The van der Waals surface area contributed by atoms with E-state index in [4.69, 9.17) is 27.9 Å². The van der Waals surface area contributed by atoms with Gasteiger partial charge in [-0.15, -0.1) is 0 Å². The molecule has 6 heteroatoms. The van der Waals surface area contributed by atoms with Gasteiger partial charge in [0.1, 0.15) is 6.10 Å². The predicted octanol–water partition coefficient (Wildman–Crippen LogP) is 5.16. The largest absolute Gasteiger partial charge is 0.462 e. The van der Waals surface area contributed by atoms with Crippen molar-refractivity contribution in [3.8, 4) is 0 Å². The van der Waals surface area contributed by atoms with Gasteiger partial charge in [-0.25, -0.2) is 0 Å². The smallest absolute Gasteiger partial charge is 0.311 e. The summed E-state index contributed by atoms with van der Waals surface area (Å²) in [6.07, 6.45) is 5.13. The Morgan fingerprint density at radius 2 is 1.81 bits per heavy atom. The number of halogens is 2. The molecule has 0 radical (unpaired) electrons. The molecule has 152 valence electrons. The molecule has 0 aromatic heterocycles. The molecule has 1 aliphatic heterocycles. The highest BCUT2D eigenvalue weighted by Gasteiger charge is 2.30. The van der Waals surface area contributed by atoms with Crippen LogP contribution in [-0.2, 0) is 9.53 Å². The molecule has 0 N–H and O–H groups in total. The second-order valence-corrected chi connectivity index (χ2v) is 8.36. The molecule has 1 saturated heterocycles. The van der Waals surface area contributed by atoms with Crippen molar-refractivity contribution in [2.24, 2.45) is 0 Å². The van der Waals surface area contributed by atoms with Crippen LogP contribution < -0.4 is 4.90 Å². The number of quaternary nitrogens is 1. The zero-order chi connectivity index (χ0) is 19.9. The fraction of sp³-hybridized carbons (Fsp3) is 0.667. The number of carbonyl (C=O) groups excluding carboxylic acids is 1. The Kier molecular flexibility index (Phi) is 8.71. The number of hydrogen-bond acceptors (Lipinski definition) is 3. The van der Waals surface area contributed by atoms with E-state index in [9.17, 15) is 4.79 Å². The summed E-state index contributed by atoms with van der Waals surface area (Å²) in [5.74, 6) is -0.0329. The van der Waals surface area contributed by atoms with E-state index < -0.39 is 0 Å². The lowest BCUT2D eigenvalue weighted by molar-refractivity contribution is -0.909. The zero-order valence-corrected chi connectivity index (χ0v) is 18.4. The zero-order valence-electron chi connectivity index (χ0n) is 16.8. The molecule has 4 nitrogen and oxygen atoms in total. The third-order valence-electron chi connectivity index (χ3n) is 5.53. The number of piperazine rings is 1. The average Bonchev–Trinajstić information content (AvgIpc) is 3.16. The molecule has 3 rings (SSSR count). The first-order valence-corrected chi connectivity index (χ1v) is 10.9. The molecular formula is C21H33Cl2N2O2+. The molecule has 0 atom stereocenters. The number of rotatable bonds is 5. The van der Waals surface area contributed by atoms with E-state index in [0.29, 0.717) is 16.5 Å². The first-order chi connectivity index (χ1) is 13.0. The number of nitrogens with zero attached hydrogens (tertiary/aromatic N) is 2. The Morgan fingerprint density at radius 1 is 1.19 bits per heavy atom. The predicted molar refractivity (Wildman–Crippen MR) is 114 cm³/mol. The fourth-order valence-corrected chi connectivity index (χ4v) is 4.29. The van der Waals surface area contributed by atoms with Crippen LogP contribution in [0.25, 0.3) is 0 Å². The molecule has 0 amide bonds. The van der Waals surface area contributed by atoms with Gasteiger partial charge >= 0.3 is 5.97 Å². The molecule has 27 heavy (non-hydrogen) atoms. The van der Waals surface area contributed by atoms with Gasteiger partial charge in [0.15, 0.2) is 0 Å². The van der Waals surface area contributed by atoms with Gasteiger partial charge in [-0.2, -0.15) is 0 Å². The van der Waals surface area contributed by atoms with Gasteiger partial charge in [-0.1, -0.05) is 37.0 Å². The summed E-state index contributed by atoms with van der Waals surface area (Å²) in [7, 11) is 2.23. The van der Waals surface area contributed by atoms with Gasteiger partial charge in [0.05, 0.1) is 56.9 Å². The van der Waals surface area contributed by atoms with Crippen LogP contribution >= 0.6 is 23.2 Å². The highest BCUT2D eigenvalue weighted by molar-refractivity contribution is 6.36. The van der Waals surface area contributed by atoms with E-state index in [-0.39, 0.29) is 12.1 Å². The second kappa shape index (κ2) is 10.5. The van der Waals surface area contributed by atoms with Gasteiger partial charge < -0.3 is 14.1 Å². The van der Waals surface area contributed by atoms with Crippen LogP contribution in [0.4, 0.5) is 5.69 Å². The van der Waals surface area contributed by atoms with Gasteiger partial charge in [0.2, 0.25) is 0 Å². The van der Waals surface area contributed by atoms with Crippen molar-refractivity contribution in [1.29, 1.82) is 0 Å². The van der Waals surface area contributed by atoms with Crippen molar-refractivity contribution in [1.82, 2.24) is 0 Å². The SMILES string of the molecule is CC.C[N+]1(CCC(=O)OC2CCCC2)CCN(c2ccc(Cl)cc2Cl)CC1. The molecule has 2 aliphatic rings. The van der Waals surface area contributed by atoms with Crippen LogP contribution in [0.2, 0.25) is 10.0 Å². The molecule has 0 spiro atoms. The van der Waals surface area contributed by atoms with E-state index in [1.807, 2.05) is 26.0 Å². The van der Waals surface area contributed by atoms with E-state index >= 15 is 0 Å². The van der Waals surface area contributed by atoms with Crippen LogP contribution in [0, 0.1) is 0 Å². The normalized spacial score (nSPS) is 19.4. The van der Waals surface area contributed by atoms with Crippen LogP contribution in [0.1, 0.15) is 46.0 Å². The maximum Gasteiger partial charge on any atom is 0.311 e. The summed E-state index contributed by atoms with van der Waals surface area (Å²) in [6, 6.07) is 5.66. The molecule has 0 unspecified atom stereocenters. The molecular weight excluding hydrogens is 383 g/mol. The lowest BCUT2D eigenvalue weighted by atomic mass is 10.2. The van der Waals surface area contributed by atoms with Crippen molar-refractivity contribution in [3.05, 3.63) is 28.2 Å². The maximum absolute atomic E-state index is 12.1. The Hall–Kier alpha value is -0.970. The number of hydrogen-bond donors (Lipinski definition) is 0. The molecule has 1 aliphatic carbocycles. The first kappa shape index (κ1) is 22.3. The minimum Gasteiger partial charge on any atom is -0.462 e. The minimum absolute atomic E-state index is 0.0329. The Labute approximate surface area is 174 Å². The highest BCUT2D eigenvalue weighted by atomic mass is 35.5. The van der Waals surface area contributed by atoms with Crippen LogP contribution in [-0.4, -0.2) is 56.3 Å². The summed E-state index contributed by atoms with van der Waals surface area (Å²) in [6.45, 7) is 8.68. The molecule has 1 heterocycles. The number of esters is 1. The van der Waals surface area contributed by atoms with E-state index in [2.05, 4.69) is 11.9 Å². The topological polar surface area (TPSA) is 29.5 Å². The van der Waals surface area contributed by atoms with Gasteiger partial charge in [-0.3, -0.25) is 4.79 Å². The van der Waals surface area contributed by atoms with Gasteiger partial charge in [-0.05, 0) is 43.9 Å². The number of benzene rings is 1. The fourth-order valence-electron chi connectivity index (χ4n) is 3.76. The van der Waals surface area contributed by atoms with Gasteiger partial charge in [0.25, 0.3) is 0 Å². The van der Waals surface area contributed by atoms with Crippen molar-refractivity contribution in [2.75, 3.05) is 44.7 Å². The Bertz CT molecular complexity index is 610. The third kappa shape index (κ3) is 6.55. The summed E-state index contributed by atoms with van der Waals surface area (Å²) in [5.41, 5.74) is 1.04. The summed E-state index contributed by atoms with van der Waals surface area (Å²) in [5, 5.41) is 1.36. The quantitative estimate of drug-likeness (QED) is 0.490. The first-order valence-electron chi connectivity index (χ1n) is 10.2. The van der Waals surface area contributed by atoms with E-state index in [1.165, 1.54) is 12.8 Å². The van der Waals surface area contributed by atoms with Gasteiger partial charge in [0, 0.05) is 5.02 Å². The van der Waals surface area contributed by atoms with Crippen LogP contribution in [0.3, 0.4) is 0 Å². The van der Waals surface area contributed by atoms with Crippen molar-refractivity contribution >= 4 is 34.9 Å². The number of ether oxygens (including phenoxy) is 1. The van der Waals surface area contributed by atoms with Crippen molar-refractivity contribution < 1.29 is 14.0 Å². The monoisotopic (exact) mass is 415 g/mol. The number of likely N-dealkylation sites (N-methyl/N-ethyl adjacent to an activating group) is 1. The van der Waals surface area contributed by atoms with Crippen LogP contribution in [0.5, 0.6) is 0 Å². The third-order valence-corrected chi connectivity index (χ3v) is 6.06. The highest BCUT2D eigenvalue weighted by Crippen LogP contribution is 2.30. The summed E-state index contributed by atoms with van der Waals surface area (Å²) >= 11 is 12.3. The molecule has 1 aromatic rings. The van der Waals surface area contributed by atoms with Crippen molar-refractivity contribution in [2.45, 2.75) is 52.1 Å². The van der Waals surface area contributed by atoms with Crippen LogP contribution in [0.15, 0.2) is 18.2 Å². The van der Waals surface area contributed by atoms with E-state index in [1.54, 1.807) is 6.07 Å². The second-order valence-electron chi connectivity index (χ2n) is 7.52. The standard InChI is InChI=1S/C19H27Cl2N2O2.C2H6/c1-23(11-8-19(24)25-16-4-2-3-5-16)12-9-22(10-13-23)18-7-6-15(20)14-17(18)21;1-2/h6-7,14,16H,2-5,8-13H2,1H3;1-2H3/q+1;. The maximum atomic E-state index is 12.1. The average molecular weight is 416 g/mol. The summed E-state index contributed by atoms with van der Waals surface area (Å²) < 4.78 is 6.48. The van der Waals surface area contributed by atoms with E-state index in [0.717, 1.165) is 55.7 Å². The molecule has 2 fully saturated rings. The molecule has 1 saturated carbocycles. The lowest BCUT2D eigenvalue weighted by Crippen LogP contribution is -2.58. The minimum atomic E-state index is -0.0329. The number of anilines is 1. The Morgan fingerprint density at radius 3 is 2.41 bits per heavy atom. The lowest BCUT2D eigenvalue weighted by Gasteiger charge is -2.43. The number of carbonyl (C=O) groups is 1.